The van der Waals surface area contributed by atoms with Gasteiger partial charge in [-0.05, 0) is 31.4 Å². The van der Waals surface area contributed by atoms with Crippen LogP contribution in [0.25, 0.3) is 0 Å². The molecule has 98 valence electrons. The van der Waals surface area contributed by atoms with Crippen LogP contribution < -0.4 is 5.32 Å². The smallest absolute Gasteiger partial charge is 0.320 e. The molecule has 0 radical (unpaired) electrons. The lowest BCUT2D eigenvalue weighted by atomic mass is 9.93. The molecule has 0 bridgehead atoms. The van der Waals surface area contributed by atoms with E-state index in [4.69, 9.17) is 16.7 Å². The molecular weight excluding hydrogens is 250 g/mol. The highest BCUT2D eigenvalue weighted by Gasteiger charge is 2.31. The lowest BCUT2D eigenvalue weighted by molar-refractivity contribution is -0.139. The Morgan fingerprint density at radius 3 is 2.83 bits per heavy atom. The molecule has 0 amide bonds. The molecule has 0 heterocycles. The number of aliphatic carboxylic acids is 1. The van der Waals surface area contributed by atoms with Crippen molar-refractivity contribution in [2.24, 2.45) is 0 Å². The Hall–Kier alpha value is -1.06. The summed E-state index contributed by atoms with van der Waals surface area (Å²) in [6.45, 7) is 1.68. The minimum atomic E-state index is -0.806. The number of carbonyl (C=O) groups is 1. The lowest BCUT2D eigenvalue weighted by Gasteiger charge is -2.24. The monoisotopic (exact) mass is 267 g/mol. The van der Waals surface area contributed by atoms with Crippen molar-refractivity contribution in [2.45, 2.75) is 44.2 Å². The molecule has 1 aliphatic rings. The van der Waals surface area contributed by atoms with Gasteiger partial charge in [0.25, 0.3) is 0 Å². The molecule has 1 aromatic carbocycles. The number of carboxylic acids is 1. The standard InChI is InChI=1S/C14H18ClNO2/c1-9(14(17)18)16-13-8-4-6-11(13)10-5-2-3-7-12(10)15/h2-3,5,7,9,11,13,16H,4,6,8H2,1H3,(H,17,18). The van der Waals surface area contributed by atoms with Crippen molar-refractivity contribution in [2.75, 3.05) is 0 Å². The van der Waals surface area contributed by atoms with Gasteiger partial charge in [-0.3, -0.25) is 4.79 Å². The van der Waals surface area contributed by atoms with Crippen LogP contribution in [0.1, 0.15) is 37.7 Å². The van der Waals surface area contributed by atoms with Gasteiger partial charge >= 0.3 is 5.97 Å². The second-order valence-electron chi connectivity index (χ2n) is 4.89. The van der Waals surface area contributed by atoms with Gasteiger partial charge in [-0.25, -0.2) is 0 Å². The first kappa shape index (κ1) is 13.4. The molecule has 0 saturated heterocycles. The fourth-order valence-electron chi connectivity index (χ4n) is 2.70. The first-order valence-corrected chi connectivity index (χ1v) is 6.70. The minimum absolute atomic E-state index is 0.205. The predicted octanol–water partition coefficient (Wildman–Crippen LogP) is 3.04. The lowest BCUT2D eigenvalue weighted by Crippen LogP contribution is -2.42. The second kappa shape index (κ2) is 5.72. The largest absolute Gasteiger partial charge is 0.480 e. The Bertz CT molecular complexity index is 436. The molecular formula is C14H18ClNO2. The molecule has 1 aromatic rings. The van der Waals surface area contributed by atoms with E-state index < -0.39 is 12.0 Å². The average molecular weight is 268 g/mol. The Morgan fingerprint density at radius 1 is 1.44 bits per heavy atom. The number of halogens is 1. The number of nitrogens with one attached hydrogen (secondary N) is 1. The van der Waals surface area contributed by atoms with Gasteiger partial charge in [0.1, 0.15) is 6.04 Å². The van der Waals surface area contributed by atoms with Crippen molar-refractivity contribution in [3.05, 3.63) is 34.9 Å². The summed E-state index contributed by atoms with van der Waals surface area (Å²) >= 11 is 6.22. The van der Waals surface area contributed by atoms with E-state index in [2.05, 4.69) is 5.32 Å². The first-order chi connectivity index (χ1) is 8.59. The zero-order valence-corrected chi connectivity index (χ0v) is 11.2. The van der Waals surface area contributed by atoms with Gasteiger partial charge in [0.15, 0.2) is 0 Å². The second-order valence-corrected chi connectivity index (χ2v) is 5.30. The fraction of sp³-hybridized carbons (Fsp3) is 0.500. The van der Waals surface area contributed by atoms with Crippen molar-refractivity contribution >= 4 is 17.6 Å². The molecule has 2 N–H and O–H groups in total. The van der Waals surface area contributed by atoms with Crippen LogP contribution in [-0.4, -0.2) is 23.2 Å². The van der Waals surface area contributed by atoms with E-state index in [1.165, 1.54) is 0 Å². The highest BCUT2D eigenvalue weighted by molar-refractivity contribution is 6.31. The molecule has 0 spiro atoms. The molecule has 3 atom stereocenters. The van der Waals surface area contributed by atoms with E-state index >= 15 is 0 Å². The zero-order chi connectivity index (χ0) is 13.1. The van der Waals surface area contributed by atoms with Crippen LogP contribution in [0, 0.1) is 0 Å². The van der Waals surface area contributed by atoms with Crippen molar-refractivity contribution in [1.29, 1.82) is 0 Å². The third-order valence-corrected chi connectivity index (χ3v) is 4.00. The van der Waals surface area contributed by atoms with Crippen LogP contribution in [0.5, 0.6) is 0 Å². The van der Waals surface area contributed by atoms with Crippen molar-refractivity contribution < 1.29 is 9.90 Å². The Balaban J connectivity index is 2.13. The van der Waals surface area contributed by atoms with Crippen molar-refractivity contribution in [3.63, 3.8) is 0 Å². The number of benzene rings is 1. The summed E-state index contributed by atoms with van der Waals surface area (Å²) in [7, 11) is 0. The van der Waals surface area contributed by atoms with Gasteiger partial charge in [0, 0.05) is 17.0 Å². The van der Waals surface area contributed by atoms with E-state index in [0.29, 0.717) is 5.92 Å². The summed E-state index contributed by atoms with van der Waals surface area (Å²) in [6, 6.07) is 7.53. The highest BCUT2D eigenvalue weighted by Crippen LogP contribution is 2.37. The molecule has 4 heteroatoms. The maximum Gasteiger partial charge on any atom is 0.320 e. The molecule has 0 aromatic heterocycles. The van der Waals surface area contributed by atoms with Crippen LogP contribution in [0.4, 0.5) is 0 Å². The highest BCUT2D eigenvalue weighted by atomic mass is 35.5. The van der Waals surface area contributed by atoms with Gasteiger partial charge in [-0.15, -0.1) is 0 Å². The topological polar surface area (TPSA) is 49.3 Å². The van der Waals surface area contributed by atoms with Crippen LogP contribution >= 0.6 is 11.6 Å². The fourth-order valence-corrected chi connectivity index (χ4v) is 2.98. The summed E-state index contributed by atoms with van der Waals surface area (Å²) in [5.74, 6) is -0.486. The molecule has 1 aliphatic carbocycles. The molecule has 3 nitrogen and oxygen atoms in total. The predicted molar refractivity (Wildman–Crippen MR) is 72.1 cm³/mol. The third kappa shape index (κ3) is 2.85. The average Bonchev–Trinajstić information content (AvgIpc) is 2.77. The SMILES string of the molecule is CC(NC1CCCC1c1ccccc1Cl)C(=O)O. The normalized spacial score (nSPS) is 25.0. The van der Waals surface area contributed by atoms with Crippen molar-refractivity contribution in [3.8, 4) is 0 Å². The molecule has 0 aliphatic heterocycles. The number of rotatable bonds is 4. The summed E-state index contributed by atoms with van der Waals surface area (Å²) in [5.41, 5.74) is 1.13. The van der Waals surface area contributed by atoms with E-state index in [9.17, 15) is 4.79 Å². The maximum absolute atomic E-state index is 10.9. The summed E-state index contributed by atoms with van der Waals surface area (Å²) in [6.07, 6.45) is 3.18. The first-order valence-electron chi connectivity index (χ1n) is 6.33. The minimum Gasteiger partial charge on any atom is -0.480 e. The Morgan fingerprint density at radius 2 is 2.17 bits per heavy atom. The van der Waals surface area contributed by atoms with E-state index in [-0.39, 0.29) is 6.04 Å². The molecule has 3 unspecified atom stereocenters. The van der Waals surface area contributed by atoms with Gasteiger partial charge in [-0.1, -0.05) is 36.2 Å². The van der Waals surface area contributed by atoms with E-state index in [1.54, 1.807) is 6.92 Å². The van der Waals surface area contributed by atoms with Crippen molar-refractivity contribution in [1.82, 2.24) is 5.32 Å². The van der Waals surface area contributed by atoms with Gasteiger partial charge in [0.05, 0.1) is 0 Å². The molecule has 2 rings (SSSR count). The molecule has 1 fully saturated rings. The maximum atomic E-state index is 10.9. The Kier molecular flexibility index (Phi) is 4.25. The van der Waals surface area contributed by atoms with Crippen LogP contribution in [0.15, 0.2) is 24.3 Å². The zero-order valence-electron chi connectivity index (χ0n) is 10.4. The molecule has 18 heavy (non-hydrogen) atoms. The van der Waals surface area contributed by atoms with Gasteiger partial charge < -0.3 is 10.4 Å². The quantitative estimate of drug-likeness (QED) is 0.882. The third-order valence-electron chi connectivity index (χ3n) is 3.66. The van der Waals surface area contributed by atoms with Crippen LogP contribution in [0.3, 0.4) is 0 Å². The summed E-state index contributed by atoms with van der Waals surface area (Å²) in [5, 5.41) is 12.9. The number of hydrogen-bond acceptors (Lipinski definition) is 2. The number of carboxylic acid groups (broad SMARTS) is 1. The van der Waals surface area contributed by atoms with Crippen LogP contribution in [-0.2, 0) is 4.79 Å². The van der Waals surface area contributed by atoms with Gasteiger partial charge in [-0.2, -0.15) is 0 Å². The number of hydrogen-bond donors (Lipinski definition) is 2. The summed E-state index contributed by atoms with van der Waals surface area (Å²) in [4.78, 5) is 10.9. The van der Waals surface area contributed by atoms with Gasteiger partial charge in [0.2, 0.25) is 0 Å². The molecule has 1 saturated carbocycles. The van der Waals surface area contributed by atoms with E-state index in [0.717, 1.165) is 29.8 Å². The Labute approximate surface area is 112 Å². The van der Waals surface area contributed by atoms with E-state index in [1.807, 2.05) is 24.3 Å². The van der Waals surface area contributed by atoms with Crippen LogP contribution in [0.2, 0.25) is 5.02 Å². The summed E-state index contributed by atoms with van der Waals surface area (Å²) < 4.78 is 0.